The second-order valence-corrected chi connectivity index (χ2v) is 7.11. The number of rotatable bonds is 3. The van der Waals surface area contributed by atoms with Crippen molar-refractivity contribution in [3.05, 3.63) is 48.0 Å². The van der Waals surface area contributed by atoms with Crippen molar-refractivity contribution in [1.82, 2.24) is 15.2 Å². The van der Waals surface area contributed by atoms with Crippen LogP contribution in [0.15, 0.2) is 36.5 Å². The summed E-state index contributed by atoms with van der Waals surface area (Å²) in [5.41, 5.74) is 1.96. The van der Waals surface area contributed by atoms with E-state index in [2.05, 4.69) is 10.3 Å². The third-order valence-electron chi connectivity index (χ3n) is 5.55. The monoisotopic (exact) mass is 391 g/mol. The van der Waals surface area contributed by atoms with Gasteiger partial charge in [0.15, 0.2) is 0 Å². The maximum Gasteiger partial charge on any atom is 0.242 e. The molecular formula is C20H23ClFN3O2. The molecule has 2 fully saturated rings. The van der Waals surface area contributed by atoms with Crippen molar-refractivity contribution in [2.75, 3.05) is 20.7 Å². The number of likely N-dealkylation sites (N-methyl/N-ethyl adjacent to an activating group) is 1. The Balaban J connectivity index is 0.00000210. The highest BCUT2D eigenvalue weighted by Gasteiger charge is 2.50. The first-order valence-corrected chi connectivity index (χ1v) is 8.85. The molecule has 7 heteroatoms. The van der Waals surface area contributed by atoms with E-state index < -0.39 is 5.54 Å². The minimum absolute atomic E-state index is 0. The Morgan fingerprint density at radius 3 is 2.81 bits per heavy atom. The molecule has 2 aliphatic rings. The number of methoxy groups -OCH3 is 1. The molecule has 1 spiro atoms. The molecule has 1 amide bonds. The van der Waals surface area contributed by atoms with Crippen molar-refractivity contribution in [2.45, 2.75) is 30.8 Å². The summed E-state index contributed by atoms with van der Waals surface area (Å²) in [7, 11) is 3.42. The fourth-order valence-electron chi connectivity index (χ4n) is 4.10. The van der Waals surface area contributed by atoms with Gasteiger partial charge in [-0.15, -0.1) is 12.4 Å². The number of hydrogen-bond donors (Lipinski definition) is 1. The predicted octanol–water partition coefficient (Wildman–Crippen LogP) is 3.34. The van der Waals surface area contributed by atoms with E-state index in [4.69, 9.17) is 4.74 Å². The Bertz CT molecular complexity index is 863. The van der Waals surface area contributed by atoms with Gasteiger partial charge in [-0.3, -0.25) is 15.1 Å². The predicted molar refractivity (Wildman–Crippen MR) is 104 cm³/mol. The summed E-state index contributed by atoms with van der Waals surface area (Å²) < 4.78 is 19.1. The van der Waals surface area contributed by atoms with Crippen LogP contribution >= 0.6 is 12.4 Å². The molecule has 0 aliphatic carbocycles. The molecule has 4 rings (SSSR count). The third kappa shape index (κ3) is 3.39. The smallest absolute Gasteiger partial charge is 0.242 e. The van der Waals surface area contributed by atoms with Crippen LogP contribution in [-0.4, -0.2) is 42.0 Å². The number of nitrogens with one attached hydrogen (secondary N) is 1. The maximum absolute atomic E-state index is 13.7. The zero-order valence-electron chi connectivity index (χ0n) is 15.4. The third-order valence-corrected chi connectivity index (χ3v) is 5.55. The molecule has 0 radical (unpaired) electrons. The molecule has 3 heterocycles. The van der Waals surface area contributed by atoms with Gasteiger partial charge in [0.25, 0.3) is 0 Å². The number of likely N-dealkylation sites (tertiary alicyclic amines) is 1. The molecule has 1 aromatic carbocycles. The first kappa shape index (κ1) is 19.6. The van der Waals surface area contributed by atoms with Gasteiger partial charge in [0.05, 0.1) is 18.8 Å². The van der Waals surface area contributed by atoms with Crippen LogP contribution in [0.2, 0.25) is 0 Å². The summed E-state index contributed by atoms with van der Waals surface area (Å²) in [6.07, 6.45) is 4.23. The normalized spacial score (nSPS) is 24.3. The quantitative estimate of drug-likeness (QED) is 0.871. The van der Waals surface area contributed by atoms with Crippen LogP contribution in [0.1, 0.15) is 31.0 Å². The Morgan fingerprint density at radius 1 is 1.30 bits per heavy atom. The Hall–Kier alpha value is -2.18. The summed E-state index contributed by atoms with van der Waals surface area (Å²) >= 11 is 0. The SMILES string of the molecule is COc1ccc(F)cc1-c1ccnc([C@H]2CC[C@@]3(CCN(C)C3=O)N2)c1.Cl. The van der Waals surface area contributed by atoms with Crippen LogP contribution in [-0.2, 0) is 4.79 Å². The zero-order valence-corrected chi connectivity index (χ0v) is 16.2. The number of carbonyl (C=O) groups excluding carboxylic acids is 1. The van der Waals surface area contributed by atoms with Crippen LogP contribution in [0.4, 0.5) is 4.39 Å². The molecular weight excluding hydrogens is 369 g/mol. The van der Waals surface area contributed by atoms with Gasteiger partial charge in [0, 0.05) is 25.4 Å². The second kappa shape index (κ2) is 7.44. The van der Waals surface area contributed by atoms with E-state index in [1.165, 1.54) is 12.1 Å². The minimum atomic E-state index is -0.451. The van der Waals surface area contributed by atoms with Crippen molar-refractivity contribution in [3.8, 4) is 16.9 Å². The molecule has 144 valence electrons. The maximum atomic E-state index is 13.7. The number of pyridine rings is 1. The molecule has 2 aliphatic heterocycles. The molecule has 0 unspecified atom stereocenters. The lowest BCUT2D eigenvalue weighted by molar-refractivity contribution is -0.131. The van der Waals surface area contributed by atoms with Gasteiger partial charge in [-0.1, -0.05) is 0 Å². The fourth-order valence-corrected chi connectivity index (χ4v) is 4.10. The highest BCUT2D eigenvalue weighted by molar-refractivity contribution is 5.88. The number of nitrogens with zero attached hydrogens (tertiary/aromatic N) is 2. The van der Waals surface area contributed by atoms with Gasteiger partial charge >= 0.3 is 0 Å². The number of halogens is 2. The molecule has 2 aromatic rings. The summed E-state index contributed by atoms with van der Waals surface area (Å²) in [5, 5.41) is 3.52. The van der Waals surface area contributed by atoms with Crippen LogP contribution in [0.5, 0.6) is 5.75 Å². The van der Waals surface area contributed by atoms with Gasteiger partial charge in [-0.05, 0) is 55.2 Å². The van der Waals surface area contributed by atoms with E-state index in [9.17, 15) is 9.18 Å². The van der Waals surface area contributed by atoms with Crippen molar-refractivity contribution < 1.29 is 13.9 Å². The molecule has 2 atom stereocenters. The number of hydrogen-bond acceptors (Lipinski definition) is 4. The van der Waals surface area contributed by atoms with Gasteiger partial charge in [0.2, 0.25) is 5.91 Å². The van der Waals surface area contributed by atoms with Crippen molar-refractivity contribution in [2.24, 2.45) is 0 Å². The van der Waals surface area contributed by atoms with E-state index in [1.54, 1.807) is 24.3 Å². The van der Waals surface area contributed by atoms with Crippen LogP contribution in [0.25, 0.3) is 11.1 Å². The Kier molecular flexibility index (Phi) is 5.40. The van der Waals surface area contributed by atoms with Crippen molar-refractivity contribution >= 4 is 18.3 Å². The standard InChI is InChI=1S/C20H22FN3O2.ClH/c1-24-10-8-20(19(24)25)7-5-16(23-20)17-11-13(6-9-22-17)15-12-14(21)3-4-18(15)26-2;/h3-4,6,9,11-12,16,23H,5,7-8,10H2,1-2H3;1H/t16-,20+;/m1./s1. The first-order valence-electron chi connectivity index (χ1n) is 8.85. The average Bonchev–Trinajstić information content (AvgIpc) is 3.22. The van der Waals surface area contributed by atoms with E-state index in [-0.39, 0.29) is 30.2 Å². The van der Waals surface area contributed by atoms with Crippen LogP contribution in [0, 0.1) is 5.82 Å². The summed E-state index contributed by atoms with van der Waals surface area (Å²) in [6, 6.07) is 8.30. The molecule has 1 N–H and O–H groups in total. The van der Waals surface area contributed by atoms with Crippen LogP contribution in [0.3, 0.4) is 0 Å². The minimum Gasteiger partial charge on any atom is -0.496 e. The van der Waals surface area contributed by atoms with Crippen LogP contribution < -0.4 is 10.1 Å². The van der Waals surface area contributed by atoms with E-state index >= 15 is 0 Å². The Labute approximate surface area is 164 Å². The zero-order chi connectivity index (χ0) is 18.3. The number of ether oxygens (including phenoxy) is 1. The first-order chi connectivity index (χ1) is 12.5. The van der Waals surface area contributed by atoms with E-state index in [0.717, 1.165) is 37.1 Å². The summed E-state index contributed by atoms with van der Waals surface area (Å²) in [4.78, 5) is 18.8. The highest BCUT2D eigenvalue weighted by atomic mass is 35.5. The lowest BCUT2D eigenvalue weighted by atomic mass is 9.96. The number of benzene rings is 1. The molecule has 0 saturated carbocycles. The van der Waals surface area contributed by atoms with E-state index in [1.807, 2.05) is 19.2 Å². The molecule has 27 heavy (non-hydrogen) atoms. The topological polar surface area (TPSA) is 54.5 Å². The molecule has 0 bridgehead atoms. The molecule has 5 nitrogen and oxygen atoms in total. The number of carbonyl (C=O) groups is 1. The fraction of sp³-hybridized carbons (Fsp3) is 0.400. The van der Waals surface area contributed by atoms with E-state index in [0.29, 0.717) is 11.3 Å². The van der Waals surface area contributed by atoms with Gasteiger partial charge in [-0.2, -0.15) is 0 Å². The summed E-state index contributed by atoms with van der Waals surface area (Å²) in [5.74, 6) is 0.478. The Morgan fingerprint density at radius 2 is 2.11 bits per heavy atom. The highest BCUT2D eigenvalue weighted by Crippen LogP contribution is 2.39. The second-order valence-electron chi connectivity index (χ2n) is 7.11. The number of amides is 1. The van der Waals surface area contributed by atoms with Crippen molar-refractivity contribution in [1.29, 1.82) is 0 Å². The van der Waals surface area contributed by atoms with Crippen molar-refractivity contribution in [3.63, 3.8) is 0 Å². The lowest BCUT2D eigenvalue weighted by Crippen LogP contribution is -2.47. The van der Waals surface area contributed by atoms with Gasteiger partial charge in [-0.25, -0.2) is 4.39 Å². The summed E-state index contributed by atoms with van der Waals surface area (Å²) in [6.45, 7) is 0.784. The lowest BCUT2D eigenvalue weighted by Gasteiger charge is -2.23. The van der Waals surface area contributed by atoms with Gasteiger partial charge in [0.1, 0.15) is 17.1 Å². The molecule has 1 aromatic heterocycles. The largest absolute Gasteiger partial charge is 0.496 e. The number of aromatic nitrogens is 1. The average molecular weight is 392 g/mol. The van der Waals surface area contributed by atoms with Gasteiger partial charge < -0.3 is 9.64 Å². The molecule has 2 saturated heterocycles.